The first-order valence-electron chi connectivity index (χ1n) is 0. The van der Waals surface area contributed by atoms with Crippen molar-refractivity contribution in [3.63, 3.8) is 0 Å². The molecule has 0 spiro atoms. The summed E-state index contributed by atoms with van der Waals surface area (Å²) >= 11 is 0. The molecule has 0 rings (SSSR count). The zero-order valence-corrected chi connectivity index (χ0v) is 4.35. The molecule has 0 unspecified atom stereocenters. The van der Waals surface area contributed by atoms with Crippen molar-refractivity contribution in [1.82, 2.24) is 0 Å². The van der Waals surface area contributed by atoms with Gasteiger partial charge in [0.15, 0.2) is 0 Å². The zero-order chi connectivity index (χ0) is 0. The van der Waals surface area contributed by atoms with Crippen molar-refractivity contribution in [2.24, 2.45) is 0 Å². The van der Waals surface area contributed by atoms with Gasteiger partial charge < -0.3 is 16.4 Å². The maximum atomic E-state index is 0. The monoisotopic (exact) mass is 142 g/mol. The van der Waals surface area contributed by atoms with Crippen LogP contribution in [-0.2, 0) is 26.2 Å². The summed E-state index contributed by atoms with van der Waals surface area (Å²) in [6, 6.07) is 0. The van der Waals surface area contributed by atoms with Crippen LogP contribution in [0.3, 0.4) is 0 Å². The molecule has 0 bridgehead atoms. The predicted octanol–water partition coefficient (Wildman–Crippen LogP) is -1.18. The number of hydrogen-bond donors (Lipinski definition) is 0. The fourth-order valence-corrected chi connectivity index (χ4v) is 0. The minimum Gasteiger partial charge on any atom is -0.870 e. The van der Waals surface area contributed by atoms with Crippen molar-refractivity contribution in [2.45, 2.75) is 0 Å². The van der Waals surface area contributed by atoms with E-state index in [2.05, 4.69) is 0 Å². The van der Waals surface area contributed by atoms with Crippen molar-refractivity contribution in [2.75, 3.05) is 0 Å². The summed E-state index contributed by atoms with van der Waals surface area (Å²) < 4.78 is 0. The minimum atomic E-state index is 0. The fraction of sp³-hybridized carbons (Fsp3) is 0. The average molecular weight is 143 g/mol. The smallest absolute Gasteiger partial charge is 0.870 e. The van der Waals surface area contributed by atoms with Gasteiger partial charge in [0.25, 0.3) is 0 Å². The van der Waals surface area contributed by atoms with E-state index in [0.29, 0.717) is 0 Å². The first-order chi connectivity index (χ1) is 0. The molecule has 0 aliphatic rings. The minimum absolute atomic E-state index is 0. The Balaban J connectivity index is 0. The molecule has 0 atom stereocenters. The zero-order valence-electron chi connectivity index (χ0n) is 1.89. The number of hydrogen-bond acceptors (Lipinski definition) is 2. The number of rotatable bonds is 0. The van der Waals surface area contributed by atoms with Gasteiger partial charge in [-0.3, -0.25) is 0 Å². The van der Waals surface area contributed by atoms with E-state index in [-0.39, 0.29) is 42.6 Å². The van der Waals surface area contributed by atoms with E-state index in [9.17, 15) is 0 Å². The fourth-order valence-electron chi connectivity index (χ4n) is 0. The van der Waals surface area contributed by atoms with Crippen LogP contribution in [0.25, 0.3) is 0 Å². The summed E-state index contributed by atoms with van der Waals surface area (Å²) in [6.07, 6.45) is 0. The van der Waals surface area contributed by atoms with Crippen LogP contribution in [0.2, 0.25) is 0 Å². The standard InChI is InChI=1S/3H2O.Zr/h3*1H2;/q;;;+2/p-2. The van der Waals surface area contributed by atoms with E-state index in [1.165, 1.54) is 0 Å². The second kappa shape index (κ2) is 49.3. The largest absolute Gasteiger partial charge is 2.00 e. The Morgan fingerprint density at radius 2 is 0.750 bits per heavy atom. The van der Waals surface area contributed by atoms with E-state index in [1.807, 2.05) is 0 Å². The van der Waals surface area contributed by atoms with E-state index in [0.717, 1.165) is 0 Å². The Hall–Kier alpha value is 0.763. The molecule has 4 heavy (non-hydrogen) atoms. The van der Waals surface area contributed by atoms with Gasteiger partial charge in [-0.15, -0.1) is 0 Å². The molecule has 0 aliphatic carbocycles. The quantitative estimate of drug-likeness (QED) is 0.427. The third-order valence-corrected chi connectivity index (χ3v) is 0. The van der Waals surface area contributed by atoms with Crippen molar-refractivity contribution < 1.29 is 42.6 Å². The molecule has 0 saturated carbocycles. The molecular weight excluding hydrogens is 139 g/mol. The molecule has 0 saturated heterocycles. The summed E-state index contributed by atoms with van der Waals surface area (Å²) in [6.45, 7) is 0. The maximum Gasteiger partial charge on any atom is 2.00 e. The van der Waals surface area contributed by atoms with Gasteiger partial charge in [0.05, 0.1) is 0 Å². The molecule has 0 aliphatic heterocycles. The van der Waals surface area contributed by atoms with Crippen LogP contribution in [0, 0.1) is 0 Å². The Morgan fingerprint density at radius 3 is 0.750 bits per heavy atom. The third-order valence-electron chi connectivity index (χ3n) is 0. The van der Waals surface area contributed by atoms with Crippen LogP contribution in [0.4, 0.5) is 0 Å². The van der Waals surface area contributed by atoms with Gasteiger partial charge in [-0.25, -0.2) is 0 Å². The van der Waals surface area contributed by atoms with Crippen molar-refractivity contribution in [1.29, 1.82) is 0 Å². The maximum absolute atomic E-state index is 0. The summed E-state index contributed by atoms with van der Waals surface area (Å²) in [7, 11) is 0. The van der Waals surface area contributed by atoms with Gasteiger partial charge >= 0.3 is 26.2 Å². The molecule has 0 aromatic rings. The first kappa shape index (κ1) is 116. The van der Waals surface area contributed by atoms with Gasteiger partial charge in [0.1, 0.15) is 0 Å². The van der Waals surface area contributed by atoms with Crippen LogP contribution in [-0.4, -0.2) is 16.4 Å². The Kier molecular flexibility index (Phi) is 1430. The third kappa shape index (κ3) is 14.7. The molecule has 0 aromatic carbocycles. The molecule has 0 fully saturated rings. The van der Waals surface area contributed by atoms with E-state index >= 15 is 0 Å². The van der Waals surface area contributed by atoms with Crippen LogP contribution in [0.1, 0.15) is 0 Å². The normalized spacial score (nSPS) is 0. The second-order valence-corrected chi connectivity index (χ2v) is 0. The molecular formula is H4O3Zr. The van der Waals surface area contributed by atoms with E-state index in [4.69, 9.17) is 0 Å². The van der Waals surface area contributed by atoms with Gasteiger partial charge in [-0.05, 0) is 0 Å². The summed E-state index contributed by atoms with van der Waals surface area (Å²) in [5.74, 6) is 0. The van der Waals surface area contributed by atoms with Gasteiger partial charge in [-0.2, -0.15) is 0 Å². The first-order valence-corrected chi connectivity index (χ1v) is 0. The predicted molar refractivity (Wildman–Crippen MR) is 7.49 cm³/mol. The molecule has 4 heteroatoms. The summed E-state index contributed by atoms with van der Waals surface area (Å²) in [5, 5.41) is 0. The molecule has 3 nitrogen and oxygen atoms in total. The second-order valence-electron chi connectivity index (χ2n) is 0. The molecule has 4 N–H and O–H groups in total. The van der Waals surface area contributed by atoms with Gasteiger partial charge in [0, 0.05) is 0 Å². The molecule has 0 aromatic heterocycles. The van der Waals surface area contributed by atoms with Gasteiger partial charge in [0.2, 0.25) is 0 Å². The molecule has 0 heterocycles. The topological polar surface area (TPSA) is 91.5 Å². The van der Waals surface area contributed by atoms with Crippen molar-refractivity contribution in [3.8, 4) is 0 Å². The Bertz CT molecular complexity index is 3.25. The SMILES string of the molecule is O.[OH-].[OH-].[Zr+2]. The van der Waals surface area contributed by atoms with Crippen LogP contribution >= 0.6 is 0 Å². The van der Waals surface area contributed by atoms with E-state index in [1.54, 1.807) is 0 Å². The Labute approximate surface area is 43.1 Å². The van der Waals surface area contributed by atoms with E-state index < -0.39 is 0 Å². The van der Waals surface area contributed by atoms with Crippen molar-refractivity contribution in [3.05, 3.63) is 0 Å². The molecule has 0 radical (unpaired) electrons. The van der Waals surface area contributed by atoms with Crippen LogP contribution < -0.4 is 0 Å². The summed E-state index contributed by atoms with van der Waals surface area (Å²) in [5.41, 5.74) is 0. The van der Waals surface area contributed by atoms with Crippen LogP contribution in [0.15, 0.2) is 0 Å². The molecule has 26 valence electrons. The molecule has 0 amide bonds. The Morgan fingerprint density at radius 1 is 0.750 bits per heavy atom. The van der Waals surface area contributed by atoms with Gasteiger partial charge in [-0.1, -0.05) is 0 Å². The summed E-state index contributed by atoms with van der Waals surface area (Å²) in [4.78, 5) is 0. The van der Waals surface area contributed by atoms with Crippen molar-refractivity contribution >= 4 is 0 Å². The average Bonchev–Trinajstić information content (AvgIpc) is 0. The van der Waals surface area contributed by atoms with Crippen LogP contribution in [0.5, 0.6) is 0 Å².